The van der Waals surface area contributed by atoms with E-state index in [1.807, 2.05) is 12.3 Å². The maximum absolute atomic E-state index is 11.8. The maximum Gasteiger partial charge on any atom is 0.250 e. The Hall–Kier alpha value is -2.04. The molecule has 3 rings (SSSR count). The van der Waals surface area contributed by atoms with Crippen LogP contribution in [0, 0.1) is 5.41 Å². The maximum atomic E-state index is 11.8. The summed E-state index contributed by atoms with van der Waals surface area (Å²) in [5.74, 6) is 1.04. The van der Waals surface area contributed by atoms with Gasteiger partial charge in [0.25, 0.3) is 5.56 Å². The van der Waals surface area contributed by atoms with Crippen LogP contribution in [0.1, 0.15) is 50.6 Å². The molecule has 23 heavy (non-hydrogen) atoms. The van der Waals surface area contributed by atoms with E-state index in [0.29, 0.717) is 12.0 Å². The molecule has 0 bridgehead atoms. The molecular formula is C18H25N3O2. The second-order valence-electron chi connectivity index (χ2n) is 7.17. The minimum absolute atomic E-state index is 0.0398. The van der Waals surface area contributed by atoms with Crippen molar-refractivity contribution >= 4 is 5.69 Å². The normalized spacial score (nSPS) is 16.1. The number of nitrogens with zero attached hydrogens (tertiary/aromatic N) is 2. The standard InChI is InChI=1S/C18H25N3O2/c1-4-9-21-12-13(5-6-17(21)22)19-11-15-14-10-18(2,3)8-7-16(14)23-20-15/h5-6,12,19H,4,7-11H2,1-3H3. The zero-order valence-corrected chi connectivity index (χ0v) is 14.2. The van der Waals surface area contributed by atoms with Gasteiger partial charge in [-0.05, 0) is 30.7 Å². The first-order valence-corrected chi connectivity index (χ1v) is 8.39. The third-order valence-corrected chi connectivity index (χ3v) is 4.54. The van der Waals surface area contributed by atoms with Gasteiger partial charge in [0.05, 0.1) is 12.2 Å². The number of anilines is 1. The molecule has 0 spiro atoms. The molecule has 0 aromatic carbocycles. The molecule has 2 aromatic rings. The Morgan fingerprint density at radius 3 is 3.00 bits per heavy atom. The Morgan fingerprint density at radius 2 is 2.22 bits per heavy atom. The number of pyridine rings is 1. The summed E-state index contributed by atoms with van der Waals surface area (Å²) in [6.07, 6.45) is 5.94. The van der Waals surface area contributed by atoms with Gasteiger partial charge in [0.15, 0.2) is 0 Å². The number of nitrogens with one attached hydrogen (secondary N) is 1. The highest BCUT2D eigenvalue weighted by Gasteiger charge is 2.30. The third kappa shape index (κ3) is 3.49. The first-order chi connectivity index (χ1) is 11.0. The summed E-state index contributed by atoms with van der Waals surface area (Å²) >= 11 is 0. The monoisotopic (exact) mass is 315 g/mol. The van der Waals surface area contributed by atoms with Gasteiger partial charge in [-0.2, -0.15) is 0 Å². The van der Waals surface area contributed by atoms with Crippen LogP contribution in [0.4, 0.5) is 5.69 Å². The van der Waals surface area contributed by atoms with Crippen molar-refractivity contribution in [2.24, 2.45) is 5.41 Å². The van der Waals surface area contributed by atoms with Crippen molar-refractivity contribution in [1.29, 1.82) is 0 Å². The summed E-state index contributed by atoms with van der Waals surface area (Å²) in [6.45, 7) is 8.01. The van der Waals surface area contributed by atoms with Crippen LogP contribution >= 0.6 is 0 Å². The van der Waals surface area contributed by atoms with Crippen LogP contribution in [0.25, 0.3) is 0 Å². The van der Waals surface area contributed by atoms with Gasteiger partial charge in [-0.1, -0.05) is 25.9 Å². The molecule has 1 aliphatic rings. The molecule has 1 N–H and O–H groups in total. The minimum Gasteiger partial charge on any atom is -0.378 e. The molecule has 0 unspecified atom stereocenters. The second kappa shape index (κ2) is 6.22. The molecule has 0 amide bonds. The Morgan fingerprint density at radius 1 is 1.39 bits per heavy atom. The molecular weight excluding hydrogens is 290 g/mol. The zero-order chi connectivity index (χ0) is 16.4. The van der Waals surface area contributed by atoms with Crippen LogP contribution in [0.3, 0.4) is 0 Å². The van der Waals surface area contributed by atoms with Crippen LogP contribution < -0.4 is 10.9 Å². The van der Waals surface area contributed by atoms with Gasteiger partial charge >= 0.3 is 0 Å². The quantitative estimate of drug-likeness (QED) is 0.919. The smallest absolute Gasteiger partial charge is 0.250 e. The van der Waals surface area contributed by atoms with Gasteiger partial charge in [0.1, 0.15) is 11.5 Å². The summed E-state index contributed by atoms with van der Waals surface area (Å²) in [6, 6.07) is 3.43. The second-order valence-corrected chi connectivity index (χ2v) is 7.17. The van der Waals surface area contributed by atoms with E-state index in [1.54, 1.807) is 10.6 Å². The van der Waals surface area contributed by atoms with Crippen molar-refractivity contribution in [1.82, 2.24) is 9.72 Å². The van der Waals surface area contributed by atoms with Crippen LogP contribution in [-0.4, -0.2) is 9.72 Å². The van der Waals surface area contributed by atoms with E-state index in [9.17, 15) is 4.79 Å². The number of aromatic nitrogens is 2. The van der Waals surface area contributed by atoms with Crippen molar-refractivity contribution in [2.45, 2.75) is 59.5 Å². The fourth-order valence-electron chi connectivity index (χ4n) is 3.17. The molecule has 0 saturated heterocycles. The Kier molecular flexibility index (Phi) is 4.28. The van der Waals surface area contributed by atoms with E-state index in [2.05, 4.69) is 31.2 Å². The Bertz CT molecular complexity index is 743. The highest BCUT2D eigenvalue weighted by molar-refractivity contribution is 5.41. The lowest BCUT2D eigenvalue weighted by Crippen LogP contribution is -2.22. The van der Waals surface area contributed by atoms with Crippen molar-refractivity contribution in [3.05, 3.63) is 45.7 Å². The number of aryl methyl sites for hydroxylation is 2. The highest BCUT2D eigenvalue weighted by Crippen LogP contribution is 2.36. The van der Waals surface area contributed by atoms with Gasteiger partial charge in [-0.15, -0.1) is 0 Å². The van der Waals surface area contributed by atoms with E-state index in [-0.39, 0.29) is 5.56 Å². The summed E-state index contributed by atoms with van der Waals surface area (Å²) in [5.41, 5.74) is 3.53. The lowest BCUT2D eigenvalue weighted by atomic mass is 9.76. The molecule has 2 heterocycles. The number of fused-ring (bicyclic) bond motifs is 1. The zero-order valence-electron chi connectivity index (χ0n) is 14.2. The van der Waals surface area contributed by atoms with Crippen molar-refractivity contribution in [2.75, 3.05) is 5.32 Å². The van der Waals surface area contributed by atoms with Gasteiger partial charge < -0.3 is 14.4 Å². The van der Waals surface area contributed by atoms with Crippen molar-refractivity contribution in [3.63, 3.8) is 0 Å². The molecule has 0 aliphatic heterocycles. The average Bonchev–Trinajstić information content (AvgIpc) is 2.89. The third-order valence-electron chi connectivity index (χ3n) is 4.54. The lowest BCUT2D eigenvalue weighted by molar-refractivity contribution is 0.282. The van der Waals surface area contributed by atoms with Gasteiger partial charge in [0.2, 0.25) is 0 Å². The average molecular weight is 315 g/mol. The SMILES string of the molecule is CCCn1cc(NCc2noc3c2CC(C)(C)CC3)ccc1=O. The van der Waals surface area contributed by atoms with Crippen molar-refractivity contribution in [3.8, 4) is 0 Å². The largest absolute Gasteiger partial charge is 0.378 e. The fourth-order valence-corrected chi connectivity index (χ4v) is 3.17. The predicted octanol–water partition coefficient (Wildman–Crippen LogP) is 3.37. The number of hydrogen-bond donors (Lipinski definition) is 1. The van der Waals surface area contributed by atoms with Gasteiger partial charge in [-0.25, -0.2) is 0 Å². The molecule has 5 heteroatoms. The topological polar surface area (TPSA) is 60.1 Å². The summed E-state index contributed by atoms with van der Waals surface area (Å²) in [4.78, 5) is 11.8. The summed E-state index contributed by atoms with van der Waals surface area (Å²) in [5, 5.41) is 7.62. The molecule has 0 fully saturated rings. The lowest BCUT2D eigenvalue weighted by Gasteiger charge is -2.28. The van der Waals surface area contributed by atoms with E-state index >= 15 is 0 Å². The van der Waals surface area contributed by atoms with E-state index in [1.165, 1.54) is 5.56 Å². The van der Waals surface area contributed by atoms with E-state index in [4.69, 9.17) is 4.52 Å². The first kappa shape index (κ1) is 15.8. The van der Waals surface area contributed by atoms with Gasteiger partial charge in [0, 0.05) is 30.8 Å². The molecule has 0 saturated carbocycles. The molecule has 124 valence electrons. The summed E-state index contributed by atoms with van der Waals surface area (Å²) in [7, 11) is 0. The number of rotatable bonds is 5. The molecule has 5 nitrogen and oxygen atoms in total. The fraction of sp³-hybridized carbons (Fsp3) is 0.556. The predicted molar refractivity (Wildman–Crippen MR) is 90.6 cm³/mol. The Balaban J connectivity index is 1.74. The number of hydrogen-bond acceptors (Lipinski definition) is 4. The van der Waals surface area contributed by atoms with E-state index < -0.39 is 0 Å². The van der Waals surface area contributed by atoms with Crippen molar-refractivity contribution < 1.29 is 4.52 Å². The summed E-state index contributed by atoms with van der Waals surface area (Å²) < 4.78 is 7.24. The van der Waals surface area contributed by atoms with Crippen LogP contribution in [-0.2, 0) is 25.9 Å². The van der Waals surface area contributed by atoms with Crippen LogP contribution in [0.15, 0.2) is 27.6 Å². The van der Waals surface area contributed by atoms with E-state index in [0.717, 1.165) is 49.4 Å². The minimum atomic E-state index is 0.0398. The van der Waals surface area contributed by atoms with Crippen LogP contribution in [0.5, 0.6) is 0 Å². The Labute approximate surface area is 136 Å². The molecule has 0 radical (unpaired) electrons. The molecule has 1 aliphatic carbocycles. The van der Waals surface area contributed by atoms with Gasteiger partial charge in [-0.3, -0.25) is 4.79 Å². The van der Waals surface area contributed by atoms with Crippen LogP contribution in [0.2, 0.25) is 0 Å². The molecule has 0 atom stereocenters. The highest BCUT2D eigenvalue weighted by atomic mass is 16.5. The molecule has 2 aromatic heterocycles. The first-order valence-electron chi connectivity index (χ1n) is 8.39.